The topological polar surface area (TPSA) is 66.6 Å². The van der Waals surface area contributed by atoms with Gasteiger partial charge >= 0.3 is 5.97 Å². The molecule has 0 unspecified atom stereocenters. The zero-order valence-corrected chi connectivity index (χ0v) is 8.84. The first-order valence-corrected chi connectivity index (χ1v) is 4.86. The summed E-state index contributed by atoms with van der Waals surface area (Å²) in [5, 5.41) is 10.2. The largest absolute Gasteiger partial charge is 0.480 e. The molecule has 0 bridgehead atoms. The van der Waals surface area contributed by atoms with E-state index in [4.69, 9.17) is 17.4 Å². The van der Waals surface area contributed by atoms with Gasteiger partial charge in [-0.2, -0.15) is 0 Å². The highest BCUT2D eigenvalue weighted by Gasteiger charge is 2.22. The minimum atomic E-state index is -0.971. The Hall–Kier alpha value is -1.83. The molecule has 0 amide bonds. The van der Waals surface area contributed by atoms with Crippen molar-refractivity contribution in [1.82, 2.24) is 5.01 Å². The average Bonchev–Trinajstić information content (AvgIpc) is 2.27. The van der Waals surface area contributed by atoms with Crippen LogP contribution in [0, 0.1) is 12.3 Å². The van der Waals surface area contributed by atoms with Crippen LogP contribution >= 0.6 is 0 Å². The first-order chi connectivity index (χ1) is 7.65. The lowest BCUT2D eigenvalue weighted by Gasteiger charge is -2.21. The molecule has 0 spiro atoms. The minimum Gasteiger partial charge on any atom is -0.480 e. The van der Waals surface area contributed by atoms with Crippen molar-refractivity contribution in [3.05, 3.63) is 35.9 Å². The summed E-state index contributed by atoms with van der Waals surface area (Å²) in [6.07, 6.45) is 5.44. The number of hydrogen-bond donors (Lipinski definition) is 2. The Morgan fingerprint density at radius 2 is 2.12 bits per heavy atom. The lowest BCUT2D eigenvalue weighted by molar-refractivity contribution is -0.143. The first-order valence-electron chi connectivity index (χ1n) is 4.86. The smallest absolute Gasteiger partial charge is 0.322 e. The molecular weight excluding hydrogens is 204 g/mol. The van der Waals surface area contributed by atoms with E-state index in [0.717, 1.165) is 10.6 Å². The number of nitrogens with zero attached hydrogens (tertiary/aromatic N) is 1. The molecule has 0 aromatic heterocycles. The molecule has 1 rings (SSSR count). The van der Waals surface area contributed by atoms with Gasteiger partial charge in [-0.1, -0.05) is 36.3 Å². The minimum absolute atomic E-state index is 0.115. The first kappa shape index (κ1) is 12.2. The lowest BCUT2D eigenvalue weighted by atomic mass is 10.1. The molecule has 0 saturated heterocycles. The molecule has 4 heteroatoms. The molecule has 0 aliphatic rings. The zero-order chi connectivity index (χ0) is 12.0. The van der Waals surface area contributed by atoms with E-state index < -0.39 is 12.0 Å². The van der Waals surface area contributed by atoms with Crippen LogP contribution in [0.3, 0.4) is 0 Å². The van der Waals surface area contributed by atoms with Gasteiger partial charge in [-0.15, -0.1) is 6.42 Å². The lowest BCUT2D eigenvalue weighted by Crippen LogP contribution is -2.47. The Bertz CT molecular complexity index is 384. The summed E-state index contributed by atoms with van der Waals surface area (Å²) in [5.41, 5.74) is 0.919. The number of benzene rings is 1. The van der Waals surface area contributed by atoms with Crippen LogP contribution in [0.15, 0.2) is 30.3 Å². The Kier molecular flexibility index (Phi) is 4.52. The fourth-order valence-corrected chi connectivity index (χ4v) is 1.40. The third kappa shape index (κ3) is 3.39. The number of aliphatic carboxylic acids is 1. The molecule has 0 saturated carbocycles. The summed E-state index contributed by atoms with van der Waals surface area (Å²) >= 11 is 0. The number of rotatable bonds is 5. The van der Waals surface area contributed by atoms with E-state index in [1.54, 1.807) is 0 Å². The highest BCUT2D eigenvalue weighted by molar-refractivity contribution is 5.73. The molecule has 16 heavy (non-hydrogen) atoms. The molecule has 0 aliphatic heterocycles. The molecular formula is C12H14N2O2. The van der Waals surface area contributed by atoms with Crippen molar-refractivity contribution >= 4 is 5.97 Å². The number of carboxylic acid groups (broad SMARTS) is 1. The van der Waals surface area contributed by atoms with Crippen molar-refractivity contribution in [2.45, 2.75) is 12.5 Å². The third-order valence-electron chi connectivity index (χ3n) is 2.23. The van der Waals surface area contributed by atoms with Crippen molar-refractivity contribution < 1.29 is 9.90 Å². The summed E-state index contributed by atoms with van der Waals surface area (Å²) in [5.74, 6) is 6.94. The normalized spacial score (nSPS) is 12.1. The molecule has 1 atom stereocenters. The third-order valence-corrected chi connectivity index (χ3v) is 2.23. The van der Waals surface area contributed by atoms with Gasteiger partial charge in [0.05, 0.1) is 6.54 Å². The van der Waals surface area contributed by atoms with Gasteiger partial charge in [-0.25, -0.2) is 5.01 Å². The van der Waals surface area contributed by atoms with Crippen molar-refractivity contribution in [2.75, 3.05) is 6.54 Å². The van der Waals surface area contributed by atoms with Gasteiger partial charge in [0.15, 0.2) is 0 Å². The second-order valence-electron chi connectivity index (χ2n) is 3.42. The van der Waals surface area contributed by atoms with Crippen molar-refractivity contribution in [2.24, 2.45) is 5.84 Å². The van der Waals surface area contributed by atoms with E-state index in [-0.39, 0.29) is 6.54 Å². The van der Waals surface area contributed by atoms with E-state index in [2.05, 4.69) is 5.92 Å². The van der Waals surface area contributed by atoms with Crippen LogP contribution < -0.4 is 5.84 Å². The van der Waals surface area contributed by atoms with Crippen molar-refractivity contribution in [3.8, 4) is 12.3 Å². The second-order valence-corrected chi connectivity index (χ2v) is 3.42. The van der Waals surface area contributed by atoms with Crippen LogP contribution in [0.5, 0.6) is 0 Å². The molecule has 4 nitrogen and oxygen atoms in total. The summed E-state index contributed by atoms with van der Waals surface area (Å²) in [6, 6.07) is 8.52. The number of hydrazine groups is 1. The van der Waals surface area contributed by atoms with Crippen molar-refractivity contribution in [3.63, 3.8) is 0 Å². The quantitative estimate of drug-likeness (QED) is 0.429. The molecule has 0 radical (unpaired) electrons. The number of hydrogen-bond acceptors (Lipinski definition) is 3. The van der Waals surface area contributed by atoms with Crippen LogP contribution in [0.4, 0.5) is 0 Å². The number of terminal acetylenes is 1. The monoisotopic (exact) mass is 218 g/mol. The molecule has 0 aliphatic carbocycles. The van der Waals surface area contributed by atoms with E-state index >= 15 is 0 Å². The fourth-order valence-electron chi connectivity index (χ4n) is 1.40. The molecule has 1 aromatic carbocycles. The summed E-state index contributed by atoms with van der Waals surface area (Å²) in [4.78, 5) is 11.0. The van der Waals surface area contributed by atoms with Gasteiger partial charge in [0.1, 0.15) is 6.04 Å². The molecule has 84 valence electrons. The Balaban J connectivity index is 2.73. The number of carbonyl (C=O) groups is 1. The molecule has 3 N–H and O–H groups in total. The van der Waals surface area contributed by atoms with Crippen LogP contribution in [-0.2, 0) is 11.2 Å². The van der Waals surface area contributed by atoms with Gasteiger partial charge in [-0.05, 0) is 5.56 Å². The summed E-state index contributed by atoms with van der Waals surface area (Å²) < 4.78 is 0. The molecule has 0 heterocycles. The standard InChI is InChI=1S/C12H14N2O2/c1-2-8-14(13)11(12(15)16)9-10-6-4-3-5-7-10/h1,3-7,11H,8-9,13H2,(H,15,16)/t11-/m0/s1. The van der Waals surface area contributed by atoms with Gasteiger partial charge in [-0.3, -0.25) is 10.6 Å². The Morgan fingerprint density at radius 1 is 1.50 bits per heavy atom. The Labute approximate surface area is 94.6 Å². The zero-order valence-electron chi connectivity index (χ0n) is 8.84. The maximum atomic E-state index is 11.0. The van der Waals surface area contributed by atoms with Crippen LogP contribution in [0.2, 0.25) is 0 Å². The molecule has 1 aromatic rings. The highest BCUT2D eigenvalue weighted by atomic mass is 16.4. The number of carboxylic acids is 1. The predicted molar refractivity (Wildman–Crippen MR) is 61.3 cm³/mol. The van der Waals surface area contributed by atoms with Gasteiger partial charge in [0.25, 0.3) is 0 Å². The van der Waals surface area contributed by atoms with Crippen LogP contribution in [-0.4, -0.2) is 28.7 Å². The van der Waals surface area contributed by atoms with Crippen molar-refractivity contribution in [1.29, 1.82) is 0 Å². The van der Waals surface area contributed by atoms with Gasteiger partial charge in [0, 0.05) is 6.42 Å². The average molecular weight is 218 g/mol. The fraction of sp³-hybridized carbons (Fsp3) is 0.250. The van der Waals surface area contributed by atoms with E-state index in [1.807, 2.05) is 30.3 Å². The molecule has 0 fully saturated rings. The van der Waals surface area contributed by atoms with E-state index in [1.165, 1.54) is 0 Å². The highest BCUT2D eigenvalue weighted by Crippen LogP contribution is 2.06. The van der Waals surface area contributed by atoms with E-state index in [9.17, 15) is 4.79 Å². The number of nitrogens with two attached hydrogens (primary N) is 1. The second kappa shape index (κ2) is 5.91. The van der Waals surface area contributed by atoms with Gasteiger partial charge < -0.3 is 5.11 Å². The Morgan fingerprint density at radius 3 is 2.62 bits per heavy atom. The van der Waals surface area contributed by atoms with Crippen LogP contribution in [0.1, 0.15) is 5.56 Å². The summed E-state index contributed by atoms with van der Waals surface area (Å²) in [7, 11) is 0. The predicted octanol–water partition coefficient (Wildman–Crippen LogP) is 0.491. The maximum Gasteiger partial charge on any atom is 0.322 e. The van der Waals surface area contributed by atoms with Gasteiger partial charge in [0.2, 0.25) is 0 Å². The maximum absolute atomic E-state index is 11.0. The van der Waals surface area contributed by atoms with E-state index in [0.29, 0.717) is 6.42 Å². The SMILES string of the molecule is C#CCN(N)[C@@H](Cc1ccccc1)C(=O)O. The van der Waals surface area contributed by atoms with Crippen LogP contribution in [0.25, 0.3) is 0 Å². The summed E-state index contributed by atoms with van der Waals surface area (Å²) in [6.45, 7) is 0.115.